The van der Waals surface area contributed by atoms with Crippen molar-refractivity contribution in [2.45, 2.75) is 0 Å². The number of fused-ring (bicyclic) bond motifs is 2. The monoisotopic (exact) mass is 370 g/mol. The van der Waals surface area contributed by atoms with Gasteiger partial charge in [-0.1, -0.05) is 12.1 Å². The lowest BCUT2D eigenvalue weighted by Gasteiger charge is -2.21. The van der Waals surface area contributed by atoms with Crippen molar-refractivity contribution in [1.29, 1.82) is 0 Å². The molecular weight excluding hydrogens is 355 g/mol. The van der Waals surface area contributed by atoms with Crippen LogP contribution in [0.5, 0.6) is 11.5 Å². The average molecular weight is 371 g/mol. The lowest BCUT2D eigenvalue weighted by atomic mass is 9.82. The number of hydrogen-bond acceptors (Lipinski definition) is 6. The first-order valence-electron chi connectivity index (χ1n) is 6.77. The number of nitrogens with one attached hydrogen (secondary N) is 1. The summed E-state index contributed by atoms with van der Waals surface area (Å²) in [5.41, 5.74) is 5.99. The molecule has 0 atom stereocenters. The smallest absolute Gasteiger partial charge is 0.200 e. The van der Waals surface area contributed by atoms with Crippen LogP contribution >= 0.6 is 24.8 Å². The maximum absolute atomic E-state index is 12.7. The molecule has 24 heavy (non-hydrogen) atoms. The number of aromatic hydroxyl groups is 2. The topological polar surface area (TPSA) is 113 Å². The predicted octanol–water partition coefficient (Wildman–Crippen LogP) is 2.09. The molecule has 2 aromatic carbocycles. The Kier molecular flexibility index (Phi) is 6.20. The third-order valence-electron chi connectivity index (χ3n) is 3.61. The lowest BCUT2D eigenvalue weighted by molar-refractivity contribution is 0.0974. The molecule has 0 unspecified atom stereocenters. The summed E-state index contributed by atoms with van der Waals surface area (Å²) in [6.07, 6.45) is 0. The van der Waals surface area contributed by atoms with Crippen LogP contribution in [0.2, 0.25) is 0 Å². The second kappa shape index (κ2) is 7.53. The summed E-state index contributed by atoms with van der Waals surface area (Å²) in [6.45, 7) is 0.811. The van der Waals surface area contributed by atoms with Crippen LogP contribution < -0.4 is 11.1 Å². The van der Waals surface area contributed by atoms with Crippen molar-refractivity contribution in [3.63, 3.8) is 0 Å². The summed E-state index contributed by atoms with van der Waals surface area (Å²) in [5, 5.41) is 22.8. The van der Waals surface area contributed by atoms with Crippen molar-refractivity contribution in [3.05, 3.63) is 52.6 Å². The highest BCUT2D eigenvalue weighted by Crippen LogP contribution is 2.39. The minimum atomic E-state index is -0.502. The summed E-state index contributed by atoms with van der Waals surface area (Å²) in [4.78, 5) is 25.3. The number of rotatable bonds is 3. The molecular formula is C16H16Cl2N2O4. The third kappa shape index (κ3) is 2.91. The van der Waals surface area contributed by atoms with Crippen LogP contribution in [0.1, 0.15) is 31.8 Å². The molecule has 0 spiro atoms. The number of phenols is 2. The molecule has 5 N–H and O–H groups in total. The van der Waals surface area contributed by atoms with Crippen LogP contribution in [-0.4, -0.2) is 34.9 Å². The molecule has 1 aliphatic rings. The van der Waals surface area contributed by atoms with Gasteiger partial charge in [0, 0.05) is 24.3 Å². The molecule has 0 heterocycles. The number of ketones is 2. The summed E-state index contributed by atoms with van der Waals surface area (Å²) >= 11 is 0. The molecule has 2 aromatic rings. The van der Waals surface area contributed by atoms with Gasteiger partial charge in [0.15, 0.2) is 11.6 Å². The number of carbonyl (C=O) groups excluding carboxylic acids is 2. The summed E-state index contributed by atoms with van der Waals surface area (Å²) in [7, 11) is 0. The quantitative estimate of drug-likeness (QED) is 0.525. The Labute approximate surface area is 150 Å². The summed E-state index contributed by atoms with van der Waals surface area (Å²) < 4.78 is 0. The van der Waals surface area contributed by atoms with Crippen LogP contribution in [0.3, 0.4) is 0 Å². The Morgan fingerprint density at radius 2 is 1.46 bits per heavy atom. The van der Waals surface area contributed by atoms with E-state index in [4.69, 9.17) is 5.73 Å². The summed E-state index contributed by atoms with van der Waals surface area (Å²) in [6, 6.07) is 7.23. The van der Waals surface area contributed by atoms with Crippen molar-refractivity contribution in [2.75, 3.05) is 18.4 Å². The fourth-order valence-corrected chi connectivity index (χ4v) is 2.64. The van der Waals surface area contributed by atoms with E-state index in [0.29, 0.717) is 18.8 Å². The zero-order chi connectivity index (χ0) is 15.9. The second-order valence-electron chi connectivity index (χ2n) is 4.96. The van der Waals surface area contributed by atoms with Gasteiger partial charge in [0.05, 0.1) is 16.7 Å². The molecule has 0 amide bonds. The molecule has 0 aromatic heterocycles. The third-order valence-corrected chi connectivity index (χ3v) is 3.61. The zero-order valence-corrected chi connectivity index (χ0v) is 14.0. The van der Waals surface area contributed by atoms with Gasteiger partial charge in [-0.25, -0.2) is 0 Å². The fraction of sp³-hybridized carbons (Fsp3) is 0.125. The van der Waals surface area contributed by atoms with E-state index < -0.39 is 11.6 Å². The van der Waals surface area contributed by atoms with Gasteiger partial charge in [-0.2, -0.15) is 0 Å². The highest BCUT2D eigenvalue weighted by molar-refractivity contribution is 6.31. The highest BCUT2D eigenvalue weighted by atomic mass is 35.5. The molecule has 3 rings (SSSR count). The Morgan fingerprint density at radius 1 is 0.875 bits per heavy atom. The SMILES string of the molecule is Cl.Cl.NCCNc1cccc2c1C(=O)c1c(O)ccc(O)c1C2=O. The Morgan fingerprint density at radius 3 is 2.04 bits per heavy atom. The summed E-state index contributed by atoms with van der Waals surface area (Å²) in [5.74, 6) is -1.64. The maximum Gasteiger partial charge on any atom is 0.200 e. The van der Waals surface area contributed by atoms with Crippen molar-refractivity contribution >= 4 is 42.1 Å². The van der Waals surface area contributed by atoms with Crippen molar-refractivity contribution < 1.29 is 19.8 Å². The van der Waals surface area contributed by atoms with Crippen molar-refractivity contribution in [2.24, 2.45) is 5.73 Å². The minimum Gasteiger partial charge on any atom is -0.507 e. The molecule has 0 aliphatic heterocycles. The van der Waals surface area contributed by atoms with Gasteiger partial charge < -0.3 is 21.3 Å². The van der Waals surface area contributed by atoms with E-state index >= 15 is 0 Å². The van der Waals surface area contributed by atoms with Gasteiger partial charge in [0.2, 0.25) is 0 Å². The van der Waals surface area contributed by atoms with Gasteiger partial charge in [-0.05, 0) is 18.2 Å². The molecule has 0 radical (unpaired) electrons. The highest BCUT2D eigenvalue weighted by Gasteiger charge is 2.35. The number of carbonyl (C=O) groups is 2. The average Bonchev–Trinajstić information content (AvgIpc) is 2.52. The maximum atomic E-state index is 12.7. The van der Waals surface area contributed by atoms with Crippen LogP contribution in [-0.2, 0) is 0 Å². The first kappa shape index (κ1) is 19.8. The van der Waals surface area contributed by atoms with Gasteiger partial charge in [0.1, 0.15) is 11.5 Å². The Hall–Kier alpha value is -2.28. The van der Waals surface area contributed by atoms with E-state index in [1.807, 2.05) is 0 Å². The van der Waals surface area contributed by atoms with Crippen molar-refractivity contribution in [1.82, 2.24) is 0 Å². The number of anilines is 1. The van der Waals surface area contributed by atoms with Gasteiger partial charge in [-0.3, -0.25) is 9.59 Å². The van der Waals surface area contributed by atoms with E-state index in [2.05, 4.69) is 5.32 Å². The molecule has 128 valence electrons. The van der Waals surface area contributed by atoms with Gasteiger partial charge >= 0.3 is 0 Å². The number of hydrogen-bond donors (Lipinski definition) is 4. The molecule has 1 aliphatic carbocycles. The van der Waals surface area contributed by atoms with E-state index in [1.165, 1.54) is 18.2 Å². The normalized spacial score (nSPS) is 11.7. The van der Waals surface area contributed by atoms with E-state index in [0.717, 1.165) is 0 Å². The second-order valence-corrected chi connectivity index (χ2v) is 4.96. The number of nitrogens with two attached hydrogens (primary N) is 1. The van der Waals surface area contributed by atoms with Crippen LogP contribution in [0.4, 0.5) is 5.69 Å². The molecule has 6 nitrogen and oxygen atoms in total. The van der Waals surface area contributed by atoms with Crippen LogP contribution in [0, 0.1) is 0 Å². The molecule has 0 bridgehead atoms. The fourth-order valence-electron chi connectivity index (χ4n) is 2.64. The number of benzene rings is 2. The van der Waals surface area contributed by atoms with E-state index in [-0.39, 0.29) is 58.6 Å². The first-order valence-corrected chi connectivity index (χ1v) is 6.77. The van der Waals surface area contributed by atoms with Crippen LogP contribution in [0.25, 0.3) is 0 Å². The first-order chi connectivity index (χ1) is 10.6. The Balaban J connectivity index is 0.00000144. The molecule has 0 fully saturated rings. The van der Waals surface area contributed by atoms with Gasteiger partial charge in [0.25, 0.3) is 0 Å². The lowest BCUT2D eigenvalue weighted by Crippen LogP contribution is -2.24. The van der Waals surface area contributed by atoms with Crippen molar-refractivity contribution in [3.8, 4) is 11.5 Å². The number of halogens is 2. The standard InChI is InChI=1S/C16H14N2O4.2ClH/c17-6-7-18-9-3-1-2-8-12(9)16(22)14-11(20)5-4-10(19)13(14)15(8)21;;/h1-5,18-20H,6-7,17H2;2*1H. The largest absolute Gasteiger partial charge is 0.507 e. The van der Waals surface area contributed by atoms with E-state index in [9.17, 15) is 19.8 Å². The molecule has 0 saturated heterocycles. The number of phenolic OH excluding ortho intramolecular Hbond substituents is 2. The predicted molar refractivity (Wildman–Crippen MR) is 95.1 cm³/mol. The minimum absolute atomic E-state index is 0. The van der Waals surface area contributed by atoms with E-state index in [1.54, 1.807) is 12.1 Å². The Bertz CT molecular complexity index is 809. The zero-order valence-electron chi connectivity index (χ0n) is 12.4. The van der Waals surface area contributed by atoms with Crippen LogP contribution in [0.15, 0.2) is 30.3 Å². The van der Waals surface area contributed by atoms with Gasteiger partial charge in [-0.15, -0.1) is 24.8 Å². The molecule has 0 saturated carbocycles. The molecule has 8 heteroatoms.